The molecule has 0 spiro atoms. The van der Waals surface area contributed by atoms with Gasteiger partial charge in [-0.15, -0.1) is 0 Å². The van der Waals surface area contributed by atoms with E-state index >= 15 is 0 Å². The van der Waals surface area contributed by atoms with Crippen LogP contribution >= 0.6 is 0 Å². The molecule has 1 saturated heterocycles. The smallest absolute Gasteiger partial charge is 0.127 e. The third-order valence-electron chi connectivity index (χ3n) is 5.83. The van der Waals surface area contributed by atoms with E-state index in [1.54, 1.807) is 4.90 Å². The average Bonchev–Trinajstić information content (AvgIpc) is 3.13. The monoisotopic (exact) mass is 285 g/mol. The highest BCUT2D eigenvalue weighted by Gasteiger charge is 2.38. The van der Waals surface area contributed by atoms with E-state index in [1.165, 1.54) is 57.7 Å². The van der Waals surface area contributed by atoms with Gasteiger partial charge in [0.05, 0.1) is 6.54 Å². The molecule has 1 aromatic heterocycles. The molecule has 0 unspecified atom stereocenters. The summed E-state index contributed by atoms with van der Waals surface area (Å²) in [5, 5.41) is 0. The molecule has 0 radical (unpaired) electrons. The van der Waals surface area contributed by atoms with Crippen molar-refractivity contribution in [3.63, 3.8) is 0 Å². The number of allylic oxidation sites excluding steroid dienone is 2. The highest BCUT2D eigenvalue weighted by molar-refractivity contribution is 5.10. The maximum atomic E-state index is 4.11. The second-order valence-electron chi connectivity index (χ2n) is 7.28. The van der Waals surface area contributed by atoms with Crippen LogP contribution in [0.4, 0.5) is 0 Å². The maximum Gasteiger partial charge on any atom is 0.127 e. The lowest BCUT2D eigenvalue weighted by Gasteiger charge is -2.32. The van der Waals surface area contributed by atoms with E-state index in [0.717, 1.165) is 17.8 Å². The van der Waals surface area contributed by atoms with Crippen molar-refractivity contribution < 1.29 is 9.80 Å². The van der Waals surface area contributed by atoms with Gasteiger partial charge in [-0.25, -0.2) is 0 Å². The van der Waals surface area contributed by atoms with E-state index in [2.05, 4.69) is 29.3 Å². The molecule has 112 valence electrons. The van der Waals surface area contributed by atoms with Gasteiger partial charge in [0.15, 0.2) is 0 Å². The summed E-state index contributed by atoms with van der Waals surface area (Å²) < 4.78 is 0. The Kier molecular flexibility index (Phi) is 3.78. The highest BCUT2D eigenvalue weighted by Crippen LogP contribution is 2.42. The molecule has 21 heavy (non-hydrogen) atoms. The van der Waals surface area contributed by atoms with Crippen LogP contribution in [0.3, 0.4) is 0 Å². The van der Waals surface area contributed by atoms with Crippen LogP contribution in [0.1, 0.15) is 18.4 Å². The van der Waals surface area contributed by atoms with Crippen molar-refractivity contribution in [3.8, 4) is 0 Å². The Morgan fingerprint density at radius 1 is 0.952 bits per heavy atom. The molecule has 1 aliphatic heterocycles. The molecule has 2 bridgehead atoms. The van der Waals surface area contributed by atoms with Crippen LogP contribution in [0, 0.1) is 17.8 Å². The molecule has 1 aromatic rings. The summed E-state index contributed by atoms with van der Waals surface area (Å²) in [6, 6.07) is 4.32. The van der Waals surface area contributed by atoms with Crippen LogP contribution in [0.5, 0.6) is 0 Å². The fourth-order valence-corrected chi connectivity index (χ4v) is 4.63. The van der Waals surface area contributed by atoms with Crippen molar-refractivity contribution >= 4 is 0 Å². The Morgan fingerprint density at radius 3 is 2.38 bits per heavy atom. The second kappa shape index (κ2) is 5.90. The predicted molar refractivity (Wildman–Crippen MR) is 83.0 cm³/mol. The lowest BCUT2D eigenvalue weighted by Crippen LogP contribution is -3.27. The van der Waals surface area contributed by atoms with Crippen molar-refractivity contribution in [2.75, 3.05) is 32.7 Å². The van der Waals surface area contributed by atoms with E-state index in [9.17, 15) is 0 Å². The Bertz CT molecular complexity index is 490. The Balaban J connectivity index is 1.24. The van der Waals surface area contributed by atoms with Gasteiger partial charge in [-0.05, 0) is 36.8 Å². The van der Waals surface area contributed by atoms with Crippen LogP contribution in [0.2, 0.25) is 0 Å². The molecule has 2 N–H and O–H groups in total. The number of fused-ring (bicyclic) bond motifs is 2. The zero-order valence-corrected chi connectivity index (χ0v) is 12.8. The molecule has 0 aromatic carbocycles. The Hall–Kier alpha value is -1.19. The van der Waals surface area contributed by atoms with Crippen LogP contribution in [0.25, 0.3) is 0 Å². The number of quaternary nitrogens is 2. The highest BCUT2D eigenvalue weighted by atomic mass is 15.3. The van der Waals surface area contributed by atoms with Gasteiger partial charge >= 0.3 is 0 Å². The van der Waals surface area contributed by atoms with Gasteiger partial charge in [0, 0.05) is 23.9 Å². The number of hydrogen-bond donors (Lipinski definition) is 2. The lowest BCUT2D eigenvalue weighted by atomic mass is 9.93. The van der Waals surface area contributed by atoms with Gasteiger partial charge in [0.1, 0.15) is 32.7 Å². The minimum Gasteiger partial charge on any atom is -0.325 e. The third kappa shape index (κ3) is 3.04. The van der Waals surface area contributed by atoms with Crippen molar-refractivity contribution in [2.45, 2.75) is 19.4 Å². The van der Waals surface area contributed by atoms with Crippen LogP contribution in [-0.4, -0.2) is 37.7 Å². The second-order valence-corrected chi connectivity index (χ2v) is 7.28. The first-order chi connectivity index (χ1) is 10.4. The number of nitrogens with one attached hydrogen (secondary N) is 2. The molecule has 2 heterocycles. The number of rotatable bonds is 4. The summed E-state index contributed by atoms with van der Waals surface area (Å²) in [5.41, 5.74) is 1.43. The van der Waals surface area contributed by atoms with Gasteiger partial charge in [-0.2, -0.15) is 0 Å². The molecule has 4 rings (SSSR count). The number of nitrogens with zero attached hydrogens (tertiary/aromatic N) is 1. The SMILES string of the molecule is C1=C[C@H]2C[C@H]1C[C@@H]2C[NH+]1CC[NH+](Cc2ccncc2)CC1. The molecule has 2 aliphatic carbocycles. The van der Waals surface area contributed by atoms with Gasteiger partial charge in [0.25, 0.3) is 0 Å². The van der Waals surface area contributed by atoms with E-state index in [-0.39, 0.29) is 0 Å². The molecule has 3 heteroatoms. The molecule has 1 saturated carbocycles. The molecule has 3 atom stereocenters. The summed E-state index contributed by atoms with van der Waals surface area (Å²) in [6.07, 6.45) is 11.7. The van der Waals surface area contributed by atoms with Crippen molar-refractivity contribution in [1.82, 2.24) is 4.98 Å². The molecular weight excluding hydrogens is 258 g/mol. The number of hydrogen-bond acceptors (Lipinski definition) is 1. The summed E-state index contributed by atoms with van der Waals surface area (Å²) in [5.74, 6) is 2.83. The van der Waals surface area contributed by atoms with Crippen LogP contribution in [-0.2, 0) is 6.54 Å². The predicted octanol–water partition coefficient (Wildman–Crippen LogP) is -0.423. The van der Waals surface area contributed by atoms with Gasteiger partial charge in [-0.3, -0.25) is 4.98 Å². The van der Waals surface area contributed by atoms with E-state index < -0.39 is 0 Å². The van der Waals surface area contributed by atoms with Gasteiger partial charge in [-0.1, -0.05) is 12.2 Å². The van der Waals surface area contributed by atoms with Crippen molar-refractivity contribution in [1.29, 1.82) is 0 Å². The lowest BCUT2D eigenvalue weighted by molar-refractivity contribution is -1.02. The third-order valence-corrected chi connectivity index (χ3v) is 5.83. The zero-order chi connectivity index (χ0) is 14.1. The molecule has 0 amide bonds. The average molecular weight is 285 g/mol. The minimum absolute atomic E-state index is 0.921. The fraction of sp³-hybridized carbons (Fsp3) is 0.611. The van der Waals surface area contributed by atoms with E-state index in [1.807, 2.05) is 17.3 Å². The first-order valence-electron chi connectivity index (χ1n) is 8.61. The van der Waals surface area contributed by atoms with E-state index in [4.69, 9.17) is 0 Å². The quantitative estimate of drug-likeness (QED) is 0.721. The van der Waals surface area contributed by atoms with Gasteiger partial charge in [0.2, 0.25) is 0 Å². The maximum absolute atomic E-state index is 4.11. The summed E-state index contributed by atoms with van der Waals surface area (Å²) in [4.78, 5) is 7.72. The van der Waals surface area contributed by atoms with Crippen molar-refractivity contribution in [3.05, 3.63) is 42.2 Å². The van der Waals surface area contributed by atoms with E-state index in [0.29, 0.717) is 0 Å². The standard InChI is InChI=1S/C18H25N3/c1-2-17-11-16(1)12-18(17)14-21-9-7-20(8-10-21)13-15-3-5-19-6-4-15/h1-6,16-18H,7-14H2/p+2/t16-,17-,18+/m0/s1. The first-order valence-corrected chi connectivity index (χ1v) is 8.61. The van der Waals surface area contributed by atoms with Gasteiger partial charge < -0.3 is 9.80 Å². The Morgan fingerprint density at radius 2 is 1.71 bits per heavy atom. The topological polar surface area (TPSA) is 21.8 Å². The summed E-state index contributed by atoms with van der Waals surface area (Å²) >= 11 is 0. The Labute approximate surface area is 127 Å². The largest absolute Gasteiger partial charge is 0.325 e. The normalized spacial score (nSPS) is 38.0. The van der Waals surface area contributed by atoms with Crippen molar-refractivity contribution in [2.24, 2.45) is 17.8 Å². The number of aromatic nitrogens is 1. The zero-order valence-electron chi connectivity index (χ0n) is 12.8. The molecule has 2 fully saturated rings. The fourth-order valence-electron chi connectivity index (χ4n) is 4.63. The molecule has 3 aliphatic rings. The minimum atomic E-state index is 0.921. The van der Waals surface area contributed by atoms with Crippen LogP contribution in [0.15, 0.2) is 36.7 Å². The first kappa shape index (κ1) is 13.5. The molecule has 3 nitrogen and oxygen atoms in total. The number of piperazine rings is 1. The van der Waals surface area contributed by atoms with Crippen LogP contribution < -0.4 is 9.80 Å². The molecular formula is C18H27N3+2. The summed E-state index contributed by atoms with van der Waals surface area (Å²) in [6.45, 7) is 7.97. The number of pyridine rings is 1. The summed E-state index contributed by atoms with van der Waals surface area (Å²) in [7, 11) is 0.